The molecule has 0 bridgehead atoms. The van der Waals surface area contributed by atoms with Crippen molar-refractivity contribution in [1.82, 2.24) is 0 Å². The monoisotopic (exact) mass is 179 g/mol. The molecule has 2 rings (SSSR count). The zero-order valence-electron chi connectivity index (χ0n) is 8.39. The van der Waals surface area contributed by atoms with Crippen molar-refractivity contribution in [1.29, 1.82) is 0 Å². The number of nitrogens with two attached hydrogens (primary N) is 1. The Bertz CT molecular complexity index is 310. The summed E-state index contributed by atoms with van der Waals surface area (Å²) >= 11 is 0. The lowest BCUT2D eigenvalue weighted by atomic mass is 9.97. The predicted octanol–water partition coefficient (Wildman–Crippen LogP) is 2.18. The summed E-state index contributed by atoms with van der Waals surface area (Å²) in [6.07, 6.45) is 3.67. The normalized spacial score (nSPS) is 19.0. The highest BCUT2D eigenvalue weighted by Gasteiger charge is 2.41. The van der Waals surface area contributed by atoms with Gasteiger partial charge < -0.3 is 10.2 Å². The van der Waals surface area contributed by atoms with Crippen LogP contribution in [0.15, 0.2) is 10.5 Å². The molecule has 2 N–H and O–H groups in total. The Labute approximate surface area is 79.1 Å². The van der Waals surface area contributed by atoms with Crippen molar-refractivity contribution in [3.8, 4) is 0 Å². The lowest BCUT2D eigenvalue weighted by molar-refractivity contribution is 0.483. The van der Waals surface area contributed by atoms with Gasteiger partial charge >= 0.3 is 0 Å². The third-order valence-electron chi connectivity index (χ3n) is 3.10. The molecule has 0 aromatic carbocycles. The highest BCUT2D eigenvalue weighted by atomic mass is 16.3. The van der Waals surface area contributed by atoms with Gasteiger partial charge in [-0.1, -0.05) is 0 Å². The van der Waals surface area contributed by atoms with Crippen LogP contribution in [0, 0.1) is 19.3 Å². The van der Waals surface area contributed by atoms with Gasteiger partial charge in [0.05, 0.1) is 0 Å². The fourth-order valence-electron chi connectivity index (χ4n) is 1.89. The Hall–Kier alpha value is -0.760. The highest BCUT2D eigenvalue weighted by molar-refractivity contribution is 5.23. The average Bonchev–Trinajstić information content (AvgIpc) is 2.77. The van der Waals surface area contributed by atoms with Gasteiger partial charge in [-0.15, -0.1) is 0 Å². The molecule has 0 unspecified atom stereocenters. The Kier molecular flexibility index (Phi) is 1.95. The molecule has 1 aromatic rings. The van der Waals surface area contributed by atoms with Gasteiger partial charge in [-0.3, -0.25) is 0 Å². The van der Waals surface area contributed by atoms with Crippen molar-refractivity contribution in [2.45, 2.75) is 33.1 Å². The van der Waals surface area contributed by atoms with E-state index >= 15 is 0 Å². The number of hydrogen-bond acceptors (Lipinski definition) is 2. The largest absolute Gasteiger partial charge is 0.466 e. The summed E-state index contributed by atoms with van der Waals surface area (Å²) in [6, 6.07) is 2.14. The van der Waals surface area contributed by atoms with Crippen LogP contribution in [0.2, 0.25) is 0 Å². The Balaban J connectivity index is 2.13. The molecule has 1 aromatic heterocycles. The summed E-state index contributed by atoms with van der Waals surface area (Å²) < 4.78 is 5.49. The van der Waals surface area contributed by atoms with E-state index in [1.54, 1.807) is 0 Å². The summed E-state index contributed by atoms with van der Waals surface area (Å²) in [5.74, 6) is 2.08. The van der Waals surface area contributed by atoms with Gasteiger partial charge in [-0.2, -0.15) is 0 Å². The van der Waals surface area contributed by atoms with Gasteiger partial charge in [0.15, 0.2) is 0 Å². The van der Waals surface area contributed by atoms with E-state index < -0.39 is 0 Å². The van der Waals surface area contributed by atoms with E-state index in [1.165, 1.54) is 18.4 Å². The van der Waals surface area contributed by atoms with Crippen molar-refractivity contribution in [3.05, 3.63) is 23.2 Å². The average molecular weight is 179 g/mol. The van der Waals surface area contributed by atoms with Crippen LogP contribution in [0.3, 0.4) is 0 Å². The molecule has 0 amide bonds. The molecule has 1 saturated carbocycles. The topological polar surface area (TPSA) is 39.2 Å². The molecule has 1 heterocycles. The first-order chi connectivity index (χ1) is 6.15. The maximum absolute atomic E-state index is 5.74. The van der Waals surface area contributed by atoms with Crippen LogP contribution in [-0.2, 0) is 6.42 Å². The van der Waals surface area contributed by atoms with Crippen LogP contribution in [0.25, 0.3) is 0 Å². The van der Waals surface area contributed by atoms with E-state index in [1.807, 2.05) is 13.8 Å². The lowest BCUT2D eigenvalue weighted by Crippen LogP contribution is -2.17. The van der Waals surface area contributed by atoms with Crippen LogP contribution in [-0.4, -0.2) is 6.54 Å². The number of furan rings is 1. The second-order valence-electron chi connectivity index (χ2n) is 4.32. The summed E-state index contributed by atoms with van der Waals surface area (Å²) in [6.45, 7) is 4.85. The number of hydrogen-bond donors (Lipinski definition) is 1. The second-order valence-corrected chi connectivity index (χ2v) is 4.32. The number of aryl methyl sites for hydroxylation is 2. The van der Waals surface area contributed by atoms with E-state index in [0.717, 1.165) is 24.5 Å². The van der Waals surface area contributed by atoms with Gasteiger partial charge in [-0.05, 0) is 56.7 Å². The Morgan fingerprint density at radius 3 is 2.54 bits per heavy atom. The molecule has 0 radical (unpaired) electrons. The van der Waals surface area contributed by atoms with E-state index in [9.17, 15) is 0 Å². The zero-order valence-corrected chi connectivity index (χ0v) is 8.39. The van der Waals surface area contributed by atoms with E-state index in [4.69, 9.17) is 10.2 Å². The third-order valence-corrected chi connectivity index (χ3v) is 3.10. The molecule has 2 nitrogen and oxygen atoms in total. The first-order valence-electron chi connectivity index (χ1n) is 4.91. The van der Waals surface area contributed by atoms with Crippen LogP contribution in [0.5, 0.6) is 0 Å². The van der Waals surface area contributed by atoms with Crippen molar-refractivity contribution < 1.29 is 4.42 Å². The predicted molar refractivity (Wildman–Crippen MR) is 52.6 cm³/mol. The molecule has 0 saturated heterocycles. The molecule has 72 valence electrons. The van der Waals surface area contributed by atoms with Crippen molar-refractivity contribution >= 4 is 0 Å². The van der Waals surface area contributed by atoms with Gasteiger partial charge in [0, 0.05) is 0 Å². The highest BCUT2D eigenvalue weighted by Crippen LogP contribution is 2.47. The van der Waals surface area contributed by atoms with Crippen LogP contribution < -0.4 is 5.73 Å². The maximum atomic E-state index is 5.74. The molecule has 0 spiro atoms. The molecular weight excluding hydrogens is 162 g/mol. The SMILES string of the molecule is Cc1cc(CC2(CN)CC2)c(C)o1. The summed E-state index contributed by atoms with van der Waals surface area (Å²) in [7, 11) is 0. The fourth-order valence-corrected chi connectivity index (χ4v) is 1.89. The van der Waals surface area contributed by atoms with E-state index in [0.29, 0.717) is 5.41 Å². The Morgan fingerprint density at radius 2 is 2.15 bits per heavy atom. The van der Waals surface area contributed by atoms with Gasteiger partial charge in [0.1, 0.15) is 11.5 Å². The summed E-state index contributed by atoms with van der Waals surface area (Å²) in [5, 5.41) is 0. The standard InChI is InChI=1S/C11H17NO/c1-8-5-10(9(2)13-8)6-11(7-12)3-4-11/h5H,3-4,6-7,12H2,1-2H3. The molecule has 2 heteroatoms. The molecule has 0 aliphatic heterocycles. The zero-order chi connectivity index (χ0) is 9.47. The van der Waals surface area contributed by atoms with Crippen LogP contribution >= 0.6 is 0 Å². The molecule has 1 fully saturated rings. The summed E-state index contributed by atoms with van der Waals surface area (Å²) in [5.41, 5.74) is 7.51. The van der Waals surface area contributed by atoms with Gasteiger partial charge in [-0.25, -0.2) is 0 Å². The minimum Gasteiger partial charge on any atom is -0.466 e. The smallest absolute Gasteiger partial charge is 0.104 e. The third kappa shape index (κ3) is 1.63. The number of rotatable bonds is 3. The lowest BCUT2D eigenvalue weighted by Gasteiger charge is -2.10. The summed E-state index contributed by atoms with van der Waals surface area (Å²) in [4.78, 5) is 0. The first-order valence-corrected chi connectivity index (χ1v) is 4.91. The Morgan fingerprint density at radius 1 is 1.46 bits per heavy atom. The van der Waals surface area contributed by atoms with E-state index in [-0.39, 0.29) is 0 Å². The quantitative estimate of drug-likeness (QED) is 0.772. The molecule has 1 aliphatic carbocycles. The minimum atomic E-state index is 0.418. The van der Waals surface area contributed by atoms with Crippen molar-refractivity contribution in [2.24, 2.45) is 11.1 Å². The van der Waals surface area contributed by atoms with Crippen LogP contribution in [0.1, 0.15) is 29.9 Å². The fraction of sp³-hybridized carbons (Fsp3) is 0.636. The second kappa shape index (κ2) is 2.88. The van der Waals surface area contributed by atoms with Gasteiger partial charge in [0.25, 0.3) is 0 Å². The van der Waals surface area contributed by atoms with Crippen molar-refractivity contribution in [3.63, 3.8) is 0 Å². The maximum Gasteiger partial charge on any atom is 0.104 e. The minimum absolute atomic E-state index is 0.418. The molecule has 0 atom stereocenters. The molecule has 1 aliphatic rings. The van der Waals surface area contributed by atoms with E-state index in [2.05, 4.69) is 6.07 Å². The molecule has 13 heavy (non-hydrogen) atoms. The first kappa shape index (κ1) is 8.82. The van der Waals surface area contributed by atoms with Gasteiger partial charge in [0.2, 0.25) is 0 Å². The van der Waals surface area contributed by atoms with Crippen LogP contribution in [0.4, 0.5) is 0 Å². The molecular formula is C11H17NO. The van der Waals surface area contributed by atoms with Crippen molar-refractivity contribution in [2.75, 3.05) is 6.54 Å².